The number of fused-ring (bicyclic) bond motifs is 2. The van der Waals surface area contributed by atoms with Crippen LogP contribution in [0.4, 0.5) is 22.0 Å². The van der Waals surface area contributed by atoms with Crippen molar-refractivity contribution in [2.75, 3.05) is 0 Å². The molecule has 0 saturated heterocycles. The van der Waals surface area contributed by atoms with Gasteiger partial charge in [-0.25, -0.2) is 18.7 Å². The molecule has 0 radical (unpaired) electrons. The van der Waals surface area contributed by atoms with Gasteiger partial charge in [0, 0.05) is 23.1 Å². The van der Waals surface area contributed by atoms with E-state index in [1.807, 2.05) is 0 Å². The Labute approximate surface area is 160 Å². The number of nitrogens with zero attached hydrogens (tertiary/aromatic N) is 4. The standard InChI is InChI=1S/C19H14F5N5/c1-8-26-16(9-2-3-9)14(18-27-13(17(20)21)7-29(8)18)10-4-11-6-25-28-15(11)12(5-10)19(22,23)24/h4-7,9,17H,2-3H2,1H3,(H,25,28). The van der Waals surface area contributed by atoms with Crippen molar-refractivity contribution >= 4 is 16.6 Å². The van der Waals surface area contributed by atoms with Crippen molar-refractivity contribution in [2.24, 2.45) is 0 Å². The molecule has 1 aromatic carbocycles. The summed E-state index contributed by atoms with van der Waals surface area (Å²) in [6.45, 7) is 1.67. The summed E-state index contributed by atoms with van der Waals surface area (Å²) < 4.78 is 69.0. The molecule has 29 heavy (non-hydrogen) atoms. The molecule has 0 spiro atoms. The van der Waals surface area contributed by atoms with Crippen LogP contribution in [0, 0.1) is 6.92 Å². The summed E-state index contributed by atoms with van der Waals surface area (Å²) in [6.07, 6.45) is -3.23. The van der Waals surface area contributed by atoms with Gasteiger partial charge in [0.1, 0.15) is 17.2 Å². The lowest BCUT2D eigenvalue weighted by molar-refractivity contribution is -0.136. The van der Waals surface area contributed by atoms with Gasteiger partial charge in [-0.2, -0.15) is 18.3 Å². The van der Waals surface area contributed by atoms with E-state index in [2.05, 4.69) is 20.2 Å². The normalized spacial score (nSPS) is 15.1. The van der Waals surface area contributed by atoms with E-state index < -0.39 is 23.9 Å². The number of alkyl halides is 5. The summed E-state index contributed by atoms with van der Waals surface area (Å²) in [5.74, 6) is 0.542. The topological polar surface area (TPSA) is 58.9 Å². The van der Waals surface area contributed by atoms with Crippen LogP contribution < -0.4 is 0 Å². The Kier molecular flexibility index (Phi) is 3.71. The van der Waals surface area contributed by atoms with E-state index >= 15 is 0 Å². The third-order valence-corrected chi connectivity index (χ3v) is 5.17. The molecule has 10 heteroatoms. The van der Waals surface area contributed by atoms with Gasteiger partial charge in [0.25, 0.3) is 6.43 Å². The largest absolute Gasteiger partial charge is 0.418 e. The summed E-state index contributed by atoms with van der Waals surface area (Å²) >= 11 is 0. The van der Waals surface area contributed by atoms with Crippen LogP contribution in [-0.2, 0) is 6.18 Å². The molecule has 1 fully saturated rings. The molecular formula is C19H14F5N5. The smallest absolute Gasteiger partial charge is 0.287 e. The van der Waals surface area contributed by atoms with E-state index in [0.717, 1.165) is 18.9 Å². The molecule has 4 aromatic rings. The van der Waals surface area contributed by atoms with E-state index in [9.17, 15) is 22.0 Å². The molecule has 0 atom stereocenters. The molecule has 0 unspecified atom stereocenters. The summed E-state index contributed by atoms with van der Waals surface area (Å²) in [7, 11) is 0. The number of imidazole rings is 1. The second-order valence-electron chi connectivity index (χ2n) is 7.21. The highest BCUT2D eigenvalue weighted by atomic mass is 19.4. The zero-order valence-corrected chi connectivity index (χ0v) is 15.1. The SMILES string of the molecule is Cc1nc(C2CC2)c(-c2cc(C(F)(F)F)c3[nH]ncc3c2)c2nc(C(F)F)cn12. The van der Waals surface area contributed by atoms with Gasteiger partial charge in [-0.15, -0.1) is 0 Å². The lowest BCUT2D eigenvalue weighted by atomic mass is 9.97. The van der Waals surface area contributed by atoms with Gasteiger partial charge in [-0.1, -0.05) is 0 Å². The zero-order valence-electron chi connectivity index (χ0n) is 15.1. The lowest BCUT2D eigenvalue weighted by Crippen LogP contribution is -2.08. The summed E-state index contributed by atoms with van der Waals surface area (Å²) in [5, 5.41) is 6.38. The van der Waals surface area contributed by atoms with Crippen molar-refractivity contribution in [1.29, 1.82) is 0 Å². The van der Waals surface area contributed by atoms with Crippen LogP contribution >= 0.6 is 0 Å². The summed E-state index contributed by atoms with van der Waals surface area (Å²) in [5.41, 5.74) is -0.0613. The predicted molar refractivity (Wildman–Crippen MR) is 94.7 cm³/mol. The number of nitrogens with one attached hydrogen (secondary N) is 1. The fourth-order valence-electron chi connectivity index (χ4n) is 3.68. The monoisotopic (exact) mass is 407 g/mol. The number of rotatable bonds is 3. The van der Waals surface area contributed by atoms with Crippen LogP contribution in [0.1, 0.15) is 48.0 Å². The summed E-state index contributed by atoms with van der Waals surface area (Å²) in [6, 6.07) is 2.57. The van der Waals surface area contributed by atoms with Crippen molar-refractivity contribution in [2.45, 2.75) is 38.3 Å². The number of hydrogen-bond acceptors (Lipinski definition) is 3. The maximum absolute atomic E-state index is 13.7. The number of aromatic nitrogens is 5. The van der Waals surface area contributed by atoms with Gasteiger partial charge in [0.15, 0.2) is 0 Å². The molecule has 1 N–H and O–H groups in total. The van der Waals surface area contributed by atoms with Crippen LogP contribution in [0.2, 0.25) is 0 Å². The van der Waals surface area contributed by atoms with Crippen molar-refractivity contribution in [3.8, 4) is 11.1 Å². The van der Waals surface area contributed by atoms with Crippen LogP contribution in [0.5, 0.6) is 0 Å². The van der Waals surface area contributed by atoms with E-state index in [1.165, 1.54) is 16.8 Å². The molecule has 3 heterocycles. The molecule has 0 amide bonds. The van der Waals surface area contributed by atoms with Crippen molar-refractivity contribution < 1.29 is 22.0 Å². The number of halogens is 5. The lowest BCUT2D eigenvalue weighted by Gasteiger charge is -2.15. The van der Waals surface area contributed by atoms with E-state index in [1.54, 1.807) is 13.0 Å². The molecule has 1 aliphatic rings. The second kappa shape index (κ2) is 5.98. The van der Waals surface area contributed by atoms with Crippen LogP contribution in [0.15, 0.2) is 24.5 Å². The Hall–Kier alpha value is -3.04. The Bertz CT molecular complexity index is 1250. The Balaban J connectivity index is 1.87. The number of aromatic amines is 1. The third-order valence-electron chi connectivity index (χ3n) is 5.17. The molecule has 1 aliphatic carbocycles. The molecular weight excluding hydrogens is 393 g/mol. The molecule has 5 rings (SSSR count). The highest BCUT2D eigenvalue weighted by Crippen LogP contribution is 2.46. The average Bonchev–Trinajstić information content (AvgIpc) is 3.21. The number of H-pyrrole nitrogens is 1. The van der Waals surface area contributed by atoms with Crippen LogP contribution in [0.3, 0.4) is 0 Å². The van der Waals surface area contributed by atoms with Gasteiger partial charge in [0.05, 0.1) is 23.0 Å². The van der Waals surface area contributed by atoms with Gasteiger partial charge in [0.2, 0.25) is 0 Å². The minimum Gasteiger partial charge on any atom is -0.287 e. The highest BCUT2D eigenvalue weighted by molar-refractivity contribution is 5.91. The van der Waals surface area contributed by atoms with Gasteiger partial charge >= 0.3 is 6.18 Å². The quantitative estimate of drug-likeness (QED) is 0.462. The molecule has 150 valence electrons. The molecule has 5 nitrogen and oxygen atoms in total. The van der Waals surface area contributed by atoms with Crippen LogP contribution in [0.25, 0.3) is 27.7 Å². The van der Waals surface area contributed by atoms with Gasteiger partial charge in [-0.05, 0) is 37.5 Å². The molecule has 0 aliphatic heterocycles. The fraction of sp³-hybridized carbons (Fsp3) is 0.316. The second-order valence-corrected chi connectivity index (χ2v) is 7.21. The molecule has 3 aromatic heterocycles. The average molecular weight is 407 g/mol. The maximum atomic E-state index is 13.7. The number of benzene rings is 1. The first-order valence-electron chi connectivity index (χ1n) is 8.96. The van der Waals surface area contributed by atoms with Crippen molar-refractivity contribution in [3.05, 3.63) is 47.3 Å². The van der Waals surface area contributed by atoms with E-state index in [-0.39, 0.29) is 28.0 Å². The fourth-order valence-corrected chi connectivity index (χ4v) is 3.68. The minimum absolute atomic E-state index is 0.0785. The van der Waals surface area contributed by atoms with Gasteiger partial charge < -0.3 is 0 Å². The zero-order chi connectivity index (χ0) is 20.5. The van der Waals surface area contributed by atoms with E-state index in [4.69, 9.17) is 0 Å². The third kappa shape index (κ3) is 2.85. The minimum atomic E-state index is -4.61. The first-order valence-corrected chi connectivity index (χ1v) is 8.96. The van der Waals surface area contributed by atoms with Gasteiger partial charge in [-0.3, -0.25) is 9.50 Å². The maximum Gasteiger partial charge on any atom is 0.418 e. The Morgan fingerprint density at radius 1 is 1.17 bits per heavy atom. The number of aryl methyl sites for hydroxylation is 1. The Morgan fingerprint density at radius 3 is 2.59 bits per heavy atom. The first kappa shape index (κ1) is 18.0. The predicted octanol–water partition coefficient (Wildman–Crippen LogP) is 5.41. The van der Waals surface area contributed by atoms with Crippen molar-refractivity contribution in [3.63, 3.8) is 0 Å². The highest BCUT2D eigenvalue weighted by Gasteiger charge is 2.36. The summed E-state index contributed by atoms with van der Waals surface area (Å²) in [4.78, 5) is 8.59. The molecule has 0 bridgehead atoms. The van der Waals surface area contributed by atoms with Crippen LogP contribution in [-0.4, -0.2) is 24.6 Å². The van der Waals surface area contributed by atoms with E-state index in [0.29, 0.717) is 17.1 Å². The molecule has 1 saturated carbocycles. The van der Waals surface area contributed by atoms with Crippen molar-refractivity contribution in [1.82, 2.24) is 24.6 Å². The Morgan fingerprint density at radius 2 is 1.93 bits per heavy atom. The first-order chi connectivity index (χ1) is 13.7. The number of hydrogen-bond donors (Lipinski definition) is 1.